The van der Waals surface area contributed by atoms with Crippen molar-refractivity contribution in [3.8, 4) is 0 Å². The van der Waals surface area contributed by atoms with Crippen LogP contribution >= 0.6 is 0 Å². The molecule has 0 aliphatic heterocycles. The van der Waals surface area contributed by atoms with Crippen molar-refractivity contribution >= 4 is 16.8 Å². The van der Waals surface area contributed by atoms with E-state index < -0.39 is 0 Å². The van der Waals surface area contributed by atoms with Crippen molar-refractivity contribution in [2.45, 2.75) is 0 Å². The number of hydrogen-bond acceptors (Lipinski definition) is 1. The summed E-state index contributed by atoms with van der Waals surface area (Å²) in [5.41, 5.74) is 1.19. The molecule has 1 aromatic heterocycles. The summed E-state index contributed by atoms with van der Waals surface area (Å²) in [5, 5.41) is 3.19. The molecule has 0 radical (unpaired) electrons. The minimum absolute atomic E-state index is 0.207. The van der Waals surface area contributed by atoms with Crippen LogP contribution < -0.4 is 5.32 Å². The van der Waals surface area contributed by atoms with E-state index in [1.165, 1.54) is 12.1 Å². The van der Waals surface area contributed by atoms with Gasteiger partial charge in [-0.1, -0.05) is 0 Å². The predicted molar refractivity (Wildman–Crippen MR) is 51.6 cm³/mol. The summed E-state index contributed by atoms with van der Waals surface area (Å²) in [4.78, 5) is 14.1. The van der Waals surface area contributed by atoms with E-state index in [-0.39, 0.29) is 11.7 Å². The van der Waals surface area contributed by atoms with Gasteiger partial charge in [0.15, 0.2) is 0 Å². The van der Waals surface area contributed by atoms with E-state index in [1.54, 1.807) is 19.2 Å². The van der Waals surface area contributed by atoms with Crippen LogP contribution in [0.25, 0.3) is 10.9 Å². The summed E-state index contributed by atoms with van der Waals surface area (Å²) in [5.74, 6) is -0.512. The Morgan fingerprint density at radius 1 is 1.43 bits per heavy atom. The number of H-pyrrole nitrogens is 1. The second-order valence-corrected chi connectivity index (χ2v) is 2.99. The quantitative estimate of drug-likeness (QED) is 0.709. The highest BCUT2D eigenvalue weighted by molar-refractivity contribution is 5.97. The number of aromatic nitrogens is 1. The van der Waals surface area contributed by atoms with Crippen molar-refractivity contribution in [1.82, 2.24) is 10.3 Å². The van der Waals surface area contributed by atoms with Crippen molar-refractivity contribution in [2.75, 3.05) is 7.05 Å². The largest absolute Gasteiger partial charge is 0.354 e. The van der Waals surface area contributed by atoms with Gasteiger partial charge in [0.25, 0.3) is 5.91 Å². The van der Waals surface area contributed by atoms with Gasteiger partial charge >= 0.3 is 0 Å². The molecule has 0 spiro atoms. The van der Waals surface area contributed by atoms with Gasteiger partial charge in [-0.2, -0.15) is 0 Å². The standard InChI is InChI=1S/C10H9FN2O/c1-12-10(14)9-5-6-4-7(11)2-3-8(6)13-9/h2-5,13H,1H3,(H,12,14). The Hall–Kier alpha value is -1.84. The number of halogens is 1. The number of fused-ring (bicyclic) bond motifs is 1. The number of amides is 1. The molecular weight excluding hydrogens is 183 g/mol. The number of rotatable bonds is 1. The maximum absolute atomic E-state index is 12.8. The monoisotopic (exact) mass is 192 g/mol. The van der Waals surface area contributed by atoms with Crippen LogP contribution in [0.5, 0.6) is 0 Å². The minimum Gasteiger partial charge on any atom is -0.354 e. The fraction of sp³-hybridized carbons (Fsp3) is 0.100. The molecule has 0 bridgehead atoms. The van der Waals surface area contributed by atoms with Crippen LogP contribution in [-0.2, 0) is 0 Å². The molecule has 0 aliphatic carbocycles. The Kier molecular flexibility index (Phi) is 1.96. The molecular formula is C10H9FN2O. The van der Waals surface area contributed by atoms with E-state index in [2.05, 4.69) is 10.3 Å². The van der Waals surface area contributed by atoms with E-state index in [0.29, 0.717) is 11.1 Å². The molecule has 1 aromatic carbocycles. The number of carbonyl (C=O) groups is 1. The van der Waals surface area contributed by atoms with E-state index in [9.17, 15) is 9.18 Å². The summed E-state index contributed by atoms with van der Waals surface area (Å²) in [7, 11) is 1.55. The summed E-state index contributed by atoms with van der Waals surface area (Å²) >= 11 is 0. The second kappa shape index (κ2) is 3.14. The number of nitrogens with one attached hydrogen (secondary N) is 2. The summed E-state index contributed by atoms with van der Waals surface area (Å²) < 4.78 is 12.8. The van der Waals surface area contributed by atoms with Crippen LogP contribution in [0.2, 0.25) is 0 Å². The highest BCUT2D eigenvalue weighted by atomic mass is 19.1. The predicted octanol–water partition coefficient (Wildman–Crippen LogP) is 1.67. The first-order valence-electron chi connectivity index (χ1n) is 4.21. The third-order valence-corrected chi connectivity index (χ3v) is 2.05. The Bertz CT molecular complexity index is 490. The normalized spacial score (nSPS) is 10.4. The lowest BCUT2D eigenvalue weighted by Crippen LogP contribution is -2.17. The van der Waals surface area contributed by atoms with Crippen LogP contribution in [0.1, 0.15) is 10.5 Å². The molecule has 0 aliphatic rings. The van der Waals surface area contributed by atoms with Crippen LogP contribution in [0, 0.1) is 5.82 Å². The SMILES string of the molecule is CNC(=O)c1cc2cc(F)ccc2[nH]1. The molecule has 0 fully saturated rings. The summed E-state index contributed by atoms with van der Waals surface area (Å²) in [6.45, 7) is 0. The van der Waals surface area contributed by atoms with E-state index >= 15 is 0 Å². The first kappa shape index (κ1) is 8.74. The molecule has 2 rings (SSSR count). The number of carbonyl (C=O) groups excluding carboxylic acids is 1. The number of hydrogen-bond donors (Lipinski definition) is 2. The molecule has 72 valence electrons. The highest BCUT2D eigenvalue weighted by Crippen LogP contribution is 2.16. The lowest BCUT2D eigenvalue weighted by atomic mass is 10.2. The van der Waals surface area contributed by atoms with Gasteiger partial charge in [-0.25, -0.2) is 4.39 Å². The van der Waals surface area contributed by atoms with Crippen LogP contribution in [-0.4, -0.2) is 17.9 Å². The highest BCUT2D eigenvalue weighted by Gasteiger charge is 2.07. The van der Waals surface area contributed by atoms with Crippen molar-refractivity contribution in [2.24, 2.45) is 0 Å². The van der Waals surface area contributed by atoms with E-state index in [0.717, 1.165) is 5.52 Å². The smallest absolute Gasteiger partial charge is 0.267 e. The van der Waals surface area contributed by atoms with Gasteiger partial charge in [0.05, 0.1) is 0 Å². The third-order valence-electron chi connectivity index (χ3n) is 2.05. The zero-order valence-corrected chi connectivity index (χ0v) is 7.60. The zero-order chi connectivity index (χ0) is 10.1. The number of aromatic amines is 1. The molecule has 14 heavy (non-hydrogen) atoms. The Morgan fingerprint density at radius 2 is 2.21 bits per heavy atom. The van der Waals surface area contributed by atoms with Gasteiger partial charge in [-0.3, -0.25) is 4.79 Å². The molecule has 0 saturated carbocycles. The average Bonchev–Trinajstić information content (AvgIpc) is 2.59. The van der Waals surface area contributed by atoms with Crippen LogP contribution in [0.15, 0.2) is 24.3 Å². The van der Waals surface area contributed by atoms with Crippen molar-refractivity contribution in [3.63, 3.8) is 0 Å². The molecule has 0 unspecified atom stereocenters. The van der Waals surface area contributed by atoms with Gasteiger partial charge in [0, 0.05) is 18.0 Å². The zero-order valence-electron chi connectivity index (χ0n) is 7.60. The van der Waals surface area contributed by atoms with Crippen molar-refractivity contribution < 1.29 is 9.18 Å². The molecule has 0 saturated heterocycles. The lowest BCUT2D eigenvalue weighted by Gasteiger charge is -1.92. The van der Waals surface area contributed by atoms with Crippen molar-refractivity contribution in [1.29, 1.82) is 0 Å². The molecule has 3 nitrogen and oxygen atoms in total. The summed E-state index contributed by atoms with van der Waals surface area (Å²) in [6, 6.07) is 5.97. The Balaban J connectivity index is 2.56. The molecule has 2 aromatic rings. The molecule has 1 heterocycles. The van der Waals surface area contributed by atoms with Crippen LogP contribution in [0.4, 0.5) is 4.39 Å². The third kappa shape index (κ3) is 1.35. The molecule has 2 N–H and O–H groups in total. The molecule has 0 atom stereocenters. The topological polar surface area (TPSA) is 44.9 Å². The van der Waals surface area contributed by atoms with Gasteiger partial charge < -0.3 is 10.3 Å². The fourth-order valence-corrected chi connectivity index (χ4v) is 1.36. The maximum Gasteiger partial charge on any atom is 0.267 e. The number of benzene rings is 1. The Morgan fingerprint density at radius 3 is 2.93 bits per heavy atom. The summed E-state index contributed by atoms with van der Waals surface area (Å²) in [6.07, 6.45) is 0. The minimum atomic E-state index is -0.306. The second-order valence-electron chi connectivity index (χ2n) is 2.99. The molecule has 1 amide bonds. The van der Waals surface area contributed by atoms with Gasteiger partial charge in [-0.15, -0.1) is 0 Å². The van der Waals surface area contributed by atoms with Gasteiger partial charge in [0.2, 0.25) is 0 Å². The van der Waals surface area contributed by atoms with E-state index in [1.807, 2.05) is 0 Å². The fourth-order valence-electron chi connectivity index (χ4n) is 1.36. The molecule has 4 heteroatoms. The van der Waals surface area contributed by atoms with Crippen molar-refractivity contribution in [3.05, 3.63) is 35.8 Å². The van der Waals surface area contributed by atoms with E-state index in [4.69, 9.17) is 0 Å². The van der Waals surface area contributed by atoms with Gasteiger partial charge in [0.1, 0.15) is 11.5 Å². The van der Waals surface area contributed by atoms with Crippen LogP contribution in [0.3, 0.4) is 0 Å². The lowest BCUT2D eigenvalue weighted by molar-refractivity contribution is 0.0959. The first-order chi connectivity index (χ1) is 6.70. The maximum atomic E-state index is 12.8. The average molecular weight is 192 g/mol. The Labute approximate surface area is 79.9 Å². The first-order valence-corrected chi connectivity index (χ1v) is 4.21. The van der Waals surface area contributed by atoms with Gasteiger partial charge in [-0.05, 0) is 24.3 Å².